The Morgan fingerprint density at radius 1 is 1.09 bits per heavy atom. The van der Waals surface area contributed by atoms with Gasteiger partial charge in [-0.15, -0.1) is 0 Å². The Balaban J connectivity index is 1.67. The highest BCUT2D eigenvalue weighted by Crippen LogP contribution is 2.41. The van der Waals surface area contributed by atoms with Crippen molar-refractivity contribution in [1.82, 2.24) is 0 Å². The molecule has 0 aliphatic heterocycles. The van der Waals surface area contributed by atoms with Gasteiger partial charge in [-0.3, -0.25) is 4.18 Å². The lowest BCUT2D eigenvalue weighted by molar-refractivity contribution is 0.267. The zero-order chi connectivity index (χ0) is 16.5. The third-order valence-corrected chi connectivity index (χ3v) is 6.14. The zero-order valence-electron chi connectivity index (χ0n) is 13.6. The summed E-state index contributed by atoms with van der Waals surface area (Å²) in [6.45, 7) is 4.33. The highest BCUT2D eigenvalue weighted by atomic mass is 32.2. The van der Waals surface area contributed by atoms with Gasteiger partial charge in [0.25, 0.3) is 10.1 Å². The maximum absolute atomic E-state index is 12.2. The summed E-state index contributed by atoms with van der Waals surface area (Å²) < 4.78 is 29.8. The van der Waals surface area contributed by atoms with Gasteiger partial charge in [0.05, 0.1) is 11.5 Å². The van der Waals surface area contributed by atoms with Crippen LogP contribution in [-0.4, -0.2) is 15.0 Å². The fraction of sp³-hybridized carbons (Fsp3) is 0.368. The molecule has 3 rings (SSSR count). The van der Waals surface area contributed by atoms with Crippen molar-refractivity contribution in [2.45, 2.75) is 43.4 Å². The molecule has 1 aliphatic rings. The van der Waals surface area contributed by atoms with Gasteiger partial charge in [-0.2, -0.15) is 8.42 Å². The van der Waals surface area contributed by atoms with Gasteiger partial charge in [0, 0.05) is 0 Å². The molecular formula is C19H22O3S. The molecule has 0 unspecified atom stereocenters. The summed E-state index contributed by atoms with van der Waals surface area (Å²) in [7, 11) is -3.67. The van der Waals surface area contributed by atoms with Crippen molar-refractivity contribution in [3.8, 4) is 0 Å². The van der Waals surface area contributed by atoms with E-state index in [2.05, 4.69) is 25.1 Å². The third-order valence-electron chi connectivity index (χ3n) is 4.82. The third kappa shape index (κ3) is 3.33. The number of rotatable bonds is 5. The van der Waals surface area contributed by atoms with Gasteiger partial charge in [-0.1, -0.05) is 48.9 Å². The zero-order valence-corrected chi connectivity index (χ0v) is 14.4. The van der Waals surface area contributed by atoms with Crippen LogP contribution in [0.1, 0.15) is 36.5 Å². The molecule has 0 amide bonds. The standard InChI is InChI=1S/C19H22O3S/c1-15-7-9-17(10-8-15)23(20,21)22-14-13-19(2)12-11-16-5-3-4-6-18(16)19/h3-10H,11-14H2,1-2H3/t19-/m0/s1. The number of hydrogen-bond donors (Lipinski definition) is 0. The first-order valence-electron chi connectivity index (χ1n) is 7.95. The van der Waals surface area contributed by atoms with E-state index in [9.17, 15) is 8.42 Å². The lowest BCUT2D eigenvalue weighted by atomic mass is 9.81. The lowest BCUT2D eigenvalue weighted by Crippen LogP contribution is -2.22. The van der Waals surface area contributed by atoms with Crippen LogP contribution in [-0.2, 0) is 26.1 Å². The summed E-state index contributed by atoms with van der Waals surface area (Å²) >= 11 is 0. The fourth-order valence-electron chi connectivity index (χ4n) is 3.28. The van der Waals surface area contributed by atoms with Crippen LogP contribution < -0.4 is 0 Å². The van der Waals surface area contributed by atoms with Crippen LogP contribution in [0.15, 0.2) is 53.4 Å². The van der Waals surface area contributed by atoms with Crippen LogP contribution in [0.25, 0.3) is 0 Å². The first kappa shape index (κ1) is 16.2. The Morgan fingerprint density at radius 3 is 2.52 bits per heavy atom. The molecule has 0 saturated carbocycles. The summed E-state index contributed by atoms with van der Waals surface area (Å²) in [6, 6.07) is 15.2. The maximum atomic E-state index is 12.2. The van der Waals surface area contributed by atoms with E-state index in [-0.39, 0.29) is 16.9 Å². The maximum Gasteiger partial charge on any atom is 0.296 e. The molecule has 0 spiro atoms. The van der Waals surface area contributed by atoms with E-state index in [1.54, 1.807) is 24.3 Å². The van der Waals surface area contributed by atoms with Crippen LogP contribution in [0.2, 0.25) is 0 Å². The van der Waals surface area contributed by atoms with Gasteiger partial charge < -0.3 is 0 Å². The molecule has 0 heterocycles. The Bertz CT molecular complexity index is 794. The van der Waals surface area contributed by atoms with E-state index < -0.39 is 10.1 Å². The highest BCUT2D eigenvalue weighted by Gasteiger charge is 2.34. The molecule has 2 aromatic rings. The monoisotopic (exact) mass is 330 g/mol. The van der Waals surface area contributed by atoms with Crippen LogP contribution in [0, 0.1) is 6.92 Å². The van der Waals surface area contributed by atoms with Gasteiger partial charge in [-0.05, 0) is 54.9 Å². The molecule has 1 atom stereocenters. The molecule has 1 aliphatic carbocycles. The minimum Gasteiger partial charge on any atom is -0.266 e. The summed E-state index contributed by atoms with van der Waals surface area (Å²) in [5.41, 5.74) is 3.73. The van der Waals surface area contributed by atoms with E-state index in [1.807, 2.05) is 13.0 Å². The predicted molar refractivity (Wildman–Crippen MR) is 91.0 cm³/mol. The fourth-order valence-corrected chi connectivity index (χ4v) is 4.19. The van der Waals surface area contributed by atoms with Crippen molar-refractivity contribution in [2.24, 2.45) is 0 Å². The summed E-state index contributed by atoms with van der Waals surface area (Å²) in [6.07, 6.45) is 2.80. The van der Waals surface area contributed by atoms with Crippen molar-refractivity contribution in [2.75, 3.05) is 6.61 Å². The van der Waals surface area contributed by atoms with E-state index in [0.717, 1.165) is 18.4 Å². The van der Waals surface area contributed by atoms with Crippen LogP contribution in [0.3, 0.4) is 0 Å². The largest absolute Gasteiger partial charge is 0.296 e. The average Bonchev–Trinajstić information content (AvgIpc) is 2.86. The molecule has 0 radical (unpaired) electrons. The molecule has 0 saturated heterocycles. The van der Waals surface area contributed by atoms with Crippen LogP contribution in [0.4, 0.5) is 0 Å². The Kier molecular flexibility index (Phi) is 4.30. The molecule has 0 bridgehead atoms. The van der Waals surface area contributed by atoms with E-state index in [0.29, 0.717) is 6.42 Å². The quantitative estimate of drug-likeness (QED) is 0.779. The number of benzene rings is 2. The van der Waals surface area contributed by atoms with Crippen molar-refractivity contribution < 1.29 is 12.6 Å². The first-order chi connectivity index (χ1) is 10.9. The van der Waals surface area contributed by atoms with Crippen molar-refractivity contribution in [1.29, 1.82) is 0 Å². The summed E-state index contributed by atoms with van der Waals surface area (Å²) in [4.78, 5) is 0.222. The van der Waals surface area contributed by atoms with E-state index >= 15 is 0 Å². The second-order valence-electron chi connectivity index (χ2n) is 6.56. The minimum absolute atomic E-state index is 0.000606. The molecule has 122 valence electrons. The molecule has 0 N–H and O–H groups in total. The van der Waals surface area contributed by atoms with Crippen molar-refractivity contribution in [3.05, 3.63) is 65.2 Å². The van der Waals surface area contributed by atoms with Gasteiger partial charge >= 0.3 is 0 Å². The smallest absolute Gasteiger partial charge is 0.266 e. The molecular weight excluding hydrogens is 308 g/mol. The molecule has 23 heavy (non-hydrogen) atoms. The second kappa shape index (κ2) is 6.10. The van der Waals surface area contributed by atoms with Gasteiger partial charge in [0.2, 0.25) is 0 Å². The highest BCUT2D eigenvalue weighted by molar-refractivity contribution is 7.86. The van der Waals surface area contributed by atoms with Crippen molar-refractivity contribution in [3.63, 3.8) is 0 Å². The topological polar surface area (TPSA) is 43.4 Å². The second-order valence-corrected chi connectivity index (χ2v) is 8.17. The predicted octanol–water partition coefficient (Wildman–Crippen LogP) is 3.99. The number of fused-ring (bicyclic) bond motifs is 1. The SMILES string of the molecule is Cc1ccc(S(=O)(=O)OCC[C@]2(C)CCc3ccccc32)cc1. The van der Waals surface area contributed by atoms with Crippen molar-refractivity contribution >= 4 is 10.1 Å². The van der Waals surface area contributed by atoms with E-state index in [1.165, 1.54) is 11.1 Å². The summed E-state index contributed by atoms with van der Waals surface area (Å²) in [5, 5.41) is 0. The molecule has 4 heteroatoms. The lowest BCUT2D eigenvalue weighted by Gasteiger charge is -2.25. The normalized spacial score (nSPS) is 20.4. The molecule has 0 aromatic heterocycles. The van der Waals surface area contributed by atoms with Gasteiger partial charge in [0.1, 0.15) is 0 Å². The summed E-state index contributed by atoms with van der Waals surface area (Å²) in [5.74, 6) is 0. The van der Waals surface area contributed by atoms with Crippen LogP contribution in [0.5, 0.6) is 0 Å². The van der Waals surface area contributed by atoms with Crippen LogP contribution >= 0.6 is 0 Å². The molecule has 2 aromatic carbocycles. The van der Waals surface area contributed by atoms with E-state index in [4.69, 9.17) is 4.18 Å². The molecule has 0 fully saturated rings. The Morgan fingerprint density at radius 2 is 1.78 bits per heavy atom. The first-order valence-corrected chi connectivity index (χ1v) is 9.36. The number of hydrogen-bond acceptors (Lipinski definition) is 3. The Hall–Kier alpha value is -1.65. The number of aryl methyl sites for hydroxylation is 2. The Labute approximate surface area is 138 Å². The van der Waals surface area contributed by atoms with Gasteiger partial charge in [0.15, 0.2) is 0 Å². The molecule has 3 nitrogen and oxygen atoms in total. The average molecular weight is 330 g/mol. The van der Waals surface area contributed by atoms with Gasteiger partial charge in [-0.25, -0.2) is 0 Å². The minimum atomic E-state index is -3.67.